The molecule has 0 aliphatic carbocycles. The van der Waals surface area contributed by atoms with Crippen LogP contribution in [0.5, 0.6) is 0 Å². The predicted molar refractivity (Wildman–Crippen MR) is 88.2 cm³/mol. The van der Waals surface area contributed by atoms with Crippen LogP contribution in [-0.4, -0.2) is 6.54 Å². The maximum Gasteiger partial charge on any atom is 0.0458 e. The molecule has 0 saturated heterocycles. The van der Waals surface area contributed by atoms with E-state index in [0.29, 0.717) is 5.41 Å². The monoisotopic (exact) mass is 326 g/mol. The average molecular weight is 327 g/mol. The van der Waals surface area contributed by atoms with Crippen molar-refractivity contribution in [1.29, 1.82) is 0 Å². The lowest BCUT2D eigenvalue weighted by Gasteiger charge is -2.25. The normalized spacial score (nSPS) is 11.8. The van der Waals surface area contributed by atoms with E-state index in [1.807, 2.05) is 6.07 Å². The molecule has 19 heavy (non-hydrogen) atoms. The summed E-state index contributed by atoms with van der Waals surface area (Å²) in [6, 6.07) is 6.12. The third-order valence-electron chi connectivity index (χ3n) is 3.45. The molecule has 3 heteroatoms. The van der Waals surface area contributed by atoms with Gasteiger partial charge < -0.3 is 11.1 Å². The van der Waals surface area contributed by atoms with Gasteiger partial charge in [-0.2, -0.15) is 0 Å². The highest BCUT2D eigenvalue weighted by molar-refractivity contribution is 9.10. The number of halogens is 1. The molecule has 0 spiro atoms. The molecule has 0 atom stereocenters. The summed E-state index contributed by atoms with van der Waals surface area (Å²) in [6.45, 7) is 8.89. The summed E-state index contributed by atoms with van der Waals surface area (Å²) in [6.07, 6.45) is 5.26. The Labute approximate surface area is 126 Å². The van der Waals surface area contributed by atoms with Crippen molar-refractivity contribution in [2.24, 2.45) is 5.41 Å². The summed E-state index contributed by atoms with van der Waals surface area (Å²) in [4.78, 5) is 0. The first kappa shape index (κ1) is 16.5. The van der Waals surface area contributed by atoms with E-state index in [-0.39, 0.29) is 0 Å². The molecular formula is C16H27BrN2. The summed E-state index contributed by atoms with van der Waals surface area (Å²) in [7, 11) is 0. The number of nitrogens with two attached hydrogens (primary N) is 1. The molecule has 0 aliphatic rings. The minimum atomic E-state index is 0.375. The first-order chi connectivity index (χ1) is 8.94. The molecule has 0 radical (unpaired) electrons. The Morgan fingerprint density at radius 1 is 1.26 bits per heavy atom. The van der Waals surface area contributed by atoms with Gasteiger partial charge in [-0.1, -0.05) is 46.1 Å². The van der Waals surface area contributed by atoms with Crippen LogP contribution in [0.15, 0.2) is 22.7 Å². The van der Waals surface area contributed by atoms with E-state index in [1.54, 1.807) is 0 Å². The highest BCUT2D eigenvalue weighted by Gasteiger charge is 2.16. The van der Waals surface area contributed by atoms with Crippen LogP contribution in [-0.2, 0) is 6.54 Å². The Balaban J connectivity index is 2.34. The van der Waals surface area contributed by atoms with Gasteiger partial charge in [0.1, 0.15) is 0 Å². The number of hydrogen-bond donors (Lipinski definition) is 2. The highest BCUT2D eigenvalue weighted by Crippen LogP contribution is 2.23. The van der Waals surface area contributed by atoms with Crippen LogP contribution < -0.4 is 11.1 Å². The molecular weight excluding hydrogens is 300 g/mol. The van der Waals surface area contributed by atoms with Gasteiger partial charge in [0.2, 0.25) is 0 Å². The first-order valence-electron chi connectivity index (χ1n) is 7.19. The van der Waals surface area contributed by atoms with Gasteiger partial charge in [-0.3, -0.25) is 0 Å². The number of rotatable bonds is 8. The van der Waals surface area contributed by atoms with Gasteiger partial charge in [-0.15, -0.1) is 0 Å². The van der Waals surface area contributed by atoms with Gasteiger partial charge in [-0.05, 0) is 45.5 Å². The SMILES string of the molecule is CCCCCC(C)(C)CNCc1ccc(N)c(Br)c1. The van der Waals surface area contributed by atoms with Crippen molar-refractivity contribution in [3.63, 3.8) is 0 Å². The standard InChI is InChI=1S/C16H27BrN2/c1-4-5-6-9-16(2,3)12-19-11-13-7-8-15(18)14(17)10-13/h7-8,10,19H,4-6,9,11-12,18H2,1-3H3. The Hall–Kier alpha value is -0.540. The first-order valence-corrected chi connectivity index (χ1v) is 7.98. The van der Waals surface area contributed by atoms with Crippen molar-refractivity contribution in [1.82, 2.24) is 5.32 Å². The van der Waals surface area contributed by atoms with Crippen molar-refractivity contribution >= 4 is 21.6 Å². The molecule has 0 bridgehead atoms. The minimum absolute atomic E-state index is 0.375. The summed E-state index contributed by atoms with van der Waals surface area (Å²) in [5.74, 6) is 0. The summed E-state index contributed by atoms with van der Waals surface area (Å²) in [5.41, 5.74) is 8.23. The van der Waals surface area contributed by atoms with E-state index in [9.17, 15) is 0 Å². The molecule has 2 nitrogen and oxygen atoms in total. The molecule has 0 aliphatic heterocycles. The number of unbranched alkanes of at least 4 members (excludes halogenated alkanes) is 2. The van der Waals surface area contributed by atoms with E-state index < -0.39 is 0 Å². The van der Waals surface area contributed by atoms with Crippen molar-refractivity contribution in [2.75, 3.05) is 12.3 Å². The number of anilines is 1. The van der Waals surface area contributed by atoms with E-state index in [0.717, 1.165) is 23.2 Å². The Bertz CT molecular complexity index is 388. The van der Waals surface area contributed by atoms with Crippen LogP contribution in [0.1, 0.15) is 52.0 Å². The molecule has 1 aromatic rings. The zero-order chi connectivity index (χ0) is 14.3. The van der Waals surface area contributed by atoms with E-state index in [1.165, 1.54) is 31.2 Å². The lowest BCUT2D eigenvalue weighted by Crippen LogP contribution is -2.29. The Morgan fingerprint density at radius 2 is 2.00 bits per heavy atom. The van der Waals surface area contributed by atoms with Crippen LogP contribution in [0, 0.1) is 5.41 Å². The van der Waals surface area contributed by atoms with Crippen LogP contribution in [0.2, 0.25) is 0 Å². The van der Waals surface area contributed by atoms with Gasteiger partial charge in [0, 0.05) is 23.2 Å². The maximum atomic E-state index is 5.79. The van der Waals surface area contributed by atoms with E-state index in [2.05, 4.69) is 54.2 Å². The molecule has 0 saturated carbocycles. The van der Waals surface area contributed by atoms with Gasteiger partial charge in [0.25, 0.3) is 0 Å². The second-order valence-corrected chi connectivity index (χ2v) is 6.94. The molecule has 3 N–H and O–H groups in total. The molecule has 0 aromatic heterocycles. The largest absolute Gasteiger partial charge is 0.398 e. The van der Waals surface area contributed by atoms with Gasteiger partial charge in [0.05, 0.1) is 0 Å². The number of hydrogen-bond acceptors (Lipinski definition) is 2. The second-order valence-electron chi connectivity index (χ2n) is 6.08. The molecule has 1 rings (SSSR count). The number of nitrogens with one attached hydrogen (secondary N) is 1. The Kier molecular flexibility index (Phi) is 6.87. The third-order valence-corrected chi connectivity index (χ3v) is 4.14. The fourth-order valence-electron chi connectivity index (χ4n) is 2.17. The Morgan fingerprint density at radius 3 is 2.63 bits per heavy atom. The second kappa shape index (κ2) is 7.91. The predicted octanol–water partition coefficient (Wildman–Crippen LogP) is 4.73. The minimum Gasteiger partial charge on any atom is -0.398 e. The molecule has 108 valence electrons. The van der Waals surface area contributed by atoms with E-state index >= 15 is 0 Å². The van der Waals surface area contributed by atoms with Crippen molar-refractivity contribution in [3.8, 4) is 0 Å². The maximum absolute atomic E-state index is 5.79. The quantitative estimate of drug-likeness (QED) is 0.535. The van der Waals surface area contributed by atoms with Crippen molar-refractivity contribution in [3.05, 3.63) is 28.2 Å². The zero-order valence-electron chi connectivity index (χ0n) is 12.4. The van der Waals surface area contributed by atoms with Crippen LogP contribution in [0.3, 0.4) is 0 Å². The van der Waals surface area contributed by atoms with Crippen molar-refractivity contribution < 1.29 is 0 Å². The molecule has 0 amide bonds. The molecule has 0 unspecified atom stereocenters. The van der Waals surface area contributed by atoms with Gasteiger partial charge in [-0.25, -0.2) is 0 Å². The summed E-state index contributed by atoms with van der Waals surface area (Å²) < 4.78 is 0.981. The lowest BCUT2D eigenvalue weighted by atomic mass is 9.87. The smallest absolute Gasteiger partial charge is 0.0458 e. The van der Waals surface area contributed by atoms with Gasteiger partial charge >= 0.3 is 0 Å². The van der Waals surface area contributed by atoms with Crippen LogP contribution in [0.4, 0.5) is 5.69 Å². The summed E-state index contributed by atoms with van der Waals surface area (Å²) in [5, 5.41) is 3.55. The zero-order valence-corrected chi connectivity index (χ0v) is 14.0. The number of nitrogen functional groups attached to an aromatic ring is 1. The fraction of sp³-hybridized carbons (Fsp3) is 0.625. The molecule has 0 heterocycles. The molecule has 0 fully saturated rings. The fourth-order valence-corrected chi connectivity index (χ4v) is 2.59. The summed E-state index contributed by atoms with van der Waals surface area (Å²) >= 11 is 3.47. The van der Waals surface area contributed by atoms with Crippen LogP contribution in [0.25, 0.3) is 0 Å². The van der Waals surface area contributed by atoms with Crippen molar-refractivity contribution in [2.45, 2.75) is 53.0 Å². The van der Waals surface area contributed by atoms with E-state index in [4.69, 9.17) is 5.73 Å². The lowest BCUT2D eigenvalue weighted by molar-refractivity contribution is 0.302. The number of benzene rings is 1. The molecule has 1 aromatic carbocycles. The van der Waals surface area contributed by atoms with Crippen LogP contribution >= 0.6 is 15.9 Å². The van der Waals surface area contributed by atoms with Gasteiger partial charge in [0.15, 0.2) is 0 Å². The highest BCUT2D eigenvalue weighted by atomic mass is 79.9. The average Bonchev–Trinajstić information content (AvgIpc) is 2.34. The topological polar surface area (TPSA) is 38.0 Å². The third kappa shape index (κ3) is 6.44.